The number of hydrogen-bond acceptors (Lipinski definition) is 3. The van der Waals surface area contributed by atoms with Gasteiger partial charge in [0.25, 0.3) is 0 Å². The van der Waals surface area contributed by atoms with Gasteiger partial charge in [-0.15, -0.1) is 12.3 Å². The molecule has 0 aromatic carbocycles. The predicted octanol–water partition coefficient (Wildman–Crippen LogP) is 1.09. The SMILES string of the molecule is C#CCC(NC(=O)N(CC)Cc1ccncc1)C(=O)O. The van der Waals surface area contributed by atoms with E-state index in [9.17, 15) is 9.59 Å². The van der Waals surface area contributed by atoms with Gasteiger partial charge in [0.15, 0.2) is 0 Å². The van der Waals surface area contributed by atoms with E-state index in [-0.39, 0.29) is 6.42 Å². The van der Waals surface area contributed by atoms with Crippen molar-refractivity contribution >= 4 is 12.0 Å². The molecule has 1 rings (SSSR count). The highest BCUT2D eigenvalue weighted by Gasteiger charge is 2.21. The Hall–Kier alpha value is -2.55. The number of rotatable bonds is 6. The molecule has 1 aromatic rings. The lowest BCUT2D eigenvalue weighted by Gasteiger charge is -2.23. The van der Waals surface area contributed by atoms with Crippen molar-refractivity contribution in [3.05, 3.63) is 30.1 Å². The number of aliphatic carboxylic acids is 1. The van der Waals surface area contributed by atoms with Gasteiger partial charge in [0.2, 0.25) is 0 Å². The standard InChI is InChI=1S/C14H17N3O3/c1-3-5-12(13(18)19)16-14(20)17(4-2)10-11-6-8-15-9-7-11/h1,6-9,12H,4-5,10H2,2H3,(H,16,20)(H,18,19). The second kappa shape index (κ2) is 7.79. The lowest BCUT2D eigenvalue weighted by molar-refractivity contribution is -0.139. The number of carboxylic acid groups (broad SMARTS) is 1. The Labute approximate surface area is 117 Å². The largest absolute Gasteiger partial charge is 0.480 e. The minimum Gasteiger partial charge on any atom is -0.480 e. The van der Waals surface area contributed by atoms with Gasteiger partial charge in [-0.05, 0) is 24.6 Å². The summed E-state index contributed by atoms with van der Waals surface area (Å²) in [4.78, 5) is 28.4. The van der Waals surface area contributed by atoms with Gasteiger partial charge in [-0.1, -0.05) is 0 Å². The van der Waals surface area contributed by atoms with E-state index in [2.05, 4.69) is 16.2 Å². The van der Waals surface area contributed by atoms with Crippen LogP contribution in [0.3, 0.4) is 0 Å². The topological polar surface area (TPSA) is 82.5 Å². The van der Waals surface area contributed by atoms with E-state index in [1.807, 2.05) is 6.92 Å². The first-order chi connectivity index (χ1) is 9.58. The maximum absolute atomic E-state index is 12.0. The normalized spacial score (nSPS) is 11.2. The quantitative estimate of drug-likeness (QED) is 0.761. The van der Waals surface area contributed by atoms with Crippen LogP contribution in [0.1, 0.15) is 18.9 Å². The van der Waals surface area contributed by atoms with Crippen LogP contribution in [0.2, 0.25) is 0 Å². The molecule has 0 radical (unpaired) electrons. The fourth-order valence-corrected chi connectivity index (χ4v) is 1.59. The molecule has 6 heteroatoms. The lowest BCUT2D eigenvalue weighted by atomic mass is 10.2. The van der Waals surface area contributed by atoms with E-state index in [0.717, 1.165) is 5.56 Å². The molecule has 0 fully saturated rings. The number of nitrogens with zero attached hydrogens (tertiary/aromatic N) is 2. The van der Waals surface area contributed by atoms with Gasteiger partial charge >= 0.3 is 12.0 Å². The monoisotopic (exact) mass is 275 g/mol. The molecule has 106 valence electrons. The Bertz CT molecular complexity index is 496. The molecule has 0 spiro atoms. The molecule has 0 bridgehead atoms. The van der Waals surface area contributed by atoms with Crippen molar-refractivity contribution in [3.8, 4) is 12.3 Å². The molecule has 0 aliphatic heterocycles. The first-order valence-corrected chi connectivity index (χ1v) is 6.19. The summed E-state index contributed by atoms with van der Waals surface area (Å²) in [6.07, 6.45) is 8.32. The molecular weight excluding hydrogens is 258 g/mol. The maximum atomic E-state index is 12.0. The van der Waals surface area contributed by atoms with Gasteiger partial charge in [-0.3, -0.25) is 4.98 Å². The molecule has 0 aliphatic carbocycles. The fourth-order valence-electron chi connectivity index (χ4n) is 1.59. The summed E-state index contributed by atoms with van der Waals surface area (Å²) in [7, 11) is 0. The third-order valence-corrected chi connectivity index (χ3v) is 2.71. The zero-order chi connectivity index (χ0) is 15.0. The Morgan fingerprint density at radius 3 is 2.65 bits per heavy atom. The summed E-state index contributed by atoms with van der Waals surface area (Å²) in [5, 5.41) is 11.4. The van der Waals surface area contributed by atoms with Gasteiger partial charge < -0.3 is 15.3 Å². The first-order valence-electron chi connectivity index (χ1n) is 6.19. The highest BCUT2D eigenvalue weighted by molar-refractivity contribution is 5.82. The molecule has 20 heavy (non-hydrogen) atoms. The van der Waals surface area contributed by atoms with Crippen molar-refractivity contribution in [3.63, 3.8) is 0 Å². The summed E-state index contributed by atoms with van der Waals surface area (Å²) in [5.41, 5.74) is 0.917. The Morgan fingerprint density at radius 1 is 1.50 bits per heavy atom. The number of aromatic nitrogens is 1. The van der Waals surface area contributed by atoms with Crippen LogP contribution in [0.4, 0.5) is 4.79 Å². The molecular formula is C14H17N3O3. The van der Waals surface area contributed by atoms with Gasteiger partial charge in [-0.25, -0.2) is 9.59 Å². The first kappa shape index (κ1) is 15.5. The third kappa shape index (κ3) is 4.61. The van der Waals surface area contributed by atoms with Crippen LogP contribution in [0.15, 0.2) is 24.5 Å². The average molecular weight is 275 g/mol. The van der Waals surface area contributed by atoms with E-state index >= 15 is 0 Å². The van der Waals surface area contributed by atoms with Crippen molar-refractivity contribution in [2.45, 2.75) is 25.9 Å². The number of nitrogens with one attached hydrogen (secondary N) is 1. The number of amides is 2. The number of pyridine rings is 1. The summed E-state index contributed by atoms with van der Waals surface area (Å²) < 4.78 is 0. The molecule has 1 atom stereocenters. The van der Waals surface area contributed by atoms with Crippen molar-refractivity contribution in [1.29, 1.82) is 0 Å². The minimum atomic E-state index is -1.14. The van der Waals surface area contributed by atoms with E-state index < -0.39 is 18.0 Å². The molecule has 6 nitrogen and oxygen atoms in total. The number of carboxylic acids is 1. The highest BCUT2D eigenvalue weighted by Crippen LogP contribution is 2.04. The van der Waals surface area contributed by atoms with E-state index in [1.54, 1.807) is 24.5 Å². The minimum absolute atomic E-state index is 0.0477. The van der Waals surface area contributed by atoms with E-state index in [1.165, 1.54) is 4.90 Å². The molecule has 2 N–H and O–H groups in total. The second-order valence-corrected chi connectivity index (χ2v) is 4.12. The van der Waals surface area contributed by atoms with Crippen LogP contribution >= 0.6 is 0 Å². The van der Waals surface area contributed by atoms with Crippen molar-refractivity contribution in [1.82, 2.24) is 15.2 Å². The molecule has 2 amide bonds. The molecule has 0 aliphatic rings. The van der Waals surface area contributed by atoms with E-state index in [0.29, 0.717) is 13.1 Å². The Balaban J connectivity index is 2.67. The average Bonchev–Trinajstić information content (AvgIpc) is 2.45. The third-order valence-electron chi connectivity index (χ3n) is 2.71. The molecule has 1 heterocycles. The van der Waals surface area contributed by atoms with Crippen LogP contribution in [-0.2, 0) is 11.3 Å². The Kier molecular flexibility index (Phi) is 6.04. The predicted molar refractivity (Wildman–Crippen MR) is 73.7 cm³/mol. The van der Waals surface area contributed by atoms with Crippen molar-refractivity contribution in [2.24, 2.45) is 0 Å². The maximum Gasteiger partial charge on any atom is 0.327 e. The van der Waals surface area contributed by atoms with Gasteiger partial charge in [-0.2, -0.15) is 0 Å². The summed E-state index contributed by atoms with van der Waals surface area (Å²) in [5.74, 6) is 1.10. The van der Waals surface area contributed by atoms with Crippen LogP contribution in [0, 0.1) is 12.3 Å². The number of carbonyl (C=O) groups is 2. The summed E-state index contributed by atoms with van der Waals surface area (Å²) in [6, 6.07) is 2.07. The van der Waals surface area contributed by atoms with Gasteiger partial charge in [0, 0.05) is 31.9 Å². The zero-order valence-corrected chi connectivity index (χ0v) is 11.2. The molecule has 0 saturated heterocycles. The Morgan fingerprint density at radius 2 is 2.15 bits per heavy atom. The zero-order valence-electron chi connectivity index (χ0n) is 11.2. The summed E-state index contributed by atoms with van der Waals surface area (Å²) in [6.45, 7) is 2.65. The second-order valence-electron chi connectivity index (χ2n) is 4.12. The van der Waals surface area contributed by atoms with Crippen LogP contribution < -0.4 is 5.32 Å². The highest BCUT2D eigenvalue weighted by atomic mass is 16.4. The molecule has 1 unspecified atom stereocenters. The van der Waals surface area contributed by atoms with Crippen LogP contribution in [0.25, 0.3) is 0 Å². The van der Waals surface area contributed by atoms with Gasteiger partial charge in [0.1, 0.15) is 6.04 Å². The number of urea groups is 1. The van der Waals surface area contributed by atoms with Crippen LogP contribution in [-0.4, -0.2) is 39.6 Å². The van der Waals surface area contributed by atoms with E-state index in [4.69, 9.17) is 11.5 Å². The summed E-state index contributed by atoms with van der Waals surface area (Å²) >= 11 is 0. The van der Waals surface area contributed by atoms with Gasteiger partial charge in [0.05, 0.1) is 0 Å². The fraction of sp³-hybridized carbons (Fsp3) is 0.357. The van der Waals surface area contributed by atoms with Crippen molar-refractivity contribution < 1.29 is 14.7 Å². The molecule has 1 aromatic heterocycles. The van der Waals surface area contributed by atoms with Crippen LogP contribution in [0.5, 0.6) is 0 Å². The smallest absolute Gasteiger partial charge is 0.327 e. The number of hydrogen-bond donors (Lipinski definition) is 2. The molecule has 0 saturated carbocycles. The van der Waals surface area contributed by atoms with Crippen molar-refractivity contribution in [2.75, 3.05) is 6.54 Å². The lowest BCUT2D eigenvalue weighted by Crippen LogP contribution is -2.47. The number of carbonyl (C=O) groups excluding carboxylic acids is 1. The number of terminal acetylenes is 1.